The lowest BCUT2D eigenvalue weighted by molar-refractivity contribution is -0.137. The number of hydrogen-bond acceptors (Lipinski definition) is 3. The zero-order valence-electron chi connectivity index (χ0n) is 18.9. The summed E-state index contributed by atoms with van der Waals surface area (Å²) in [5.74, 6) is -0.296. The number of benzene rings is 3. The number of rotatable bonds is 4. The van der Waals surface area contributed by atoms with Crippen molar-refractivity contribution in [1.29, 1.82) is 0 Å². The molecule has 3 aromatic carbocycles. The molecular weight excluding hydrogens is 441 g/mol. The number of hydrogen-bond donors (Lipinski definition) is 2. The summed E-state index contributed by atoms with van der Waals surface area (Å²) in [5.41, 5.74) is 3.19. The van der Waals surface area contributed by atoms with E-state index in [1.54, 1.807) is 24.3 Å². The van der Waals surface area contributed by atoms with E-state index in [1.807, 2.05) is 45.1 Å². The molecule has 0 bridgehead atoms. The molecule has 0 spiro atoms. The number of aliphatic imine (C=N–C) groups is 1. The summed E-state index contributed by atoms with van der Waals surface area (Å²) in [6, 6.07) is 13.7. The van der Waals surface area contributed by atoms with Gasteiger partial charge in [-0.15, -0.1) is 0 Å². The van der Waals surface area contributed by atoms with Gasteiger partial charge in [0.05, 0.1) is 16.6 Å². The monoisotopic (exact) mass is 464 g/mol. The topological polar surface area (TPSA) is 57.8 Å². The van der Waals surface area contributed by atoms with Crippen molar-refractivity contribution in [3.63, 3.8) is 0 Å². The number of aromatic hydroxyl groups is 2. The normalized spacial score (nSPS) is 12.4. The molecule has 2 N–H and O–H groups in total. The van der Waals surface area contributed by atoms with E-state index in [9.17, 15) is 23.4 Å². The molecule has 4 rings (SSSR count). The van der Waals surface area contributed by atoms with E-state index in [4.69, 9.17) is 0 Å². The van der Waals surface area contributed by atoms with E-state index in [0.29, 0.717) is 11.1 Å². The van der Waals surface area contributed by atoms with Gasteiger partial charge in [0.25, 0.3) is 0 Å². The Balaban J connectivity index is 1.91. The van der Waals surface area contributed by atoms with Crippen molar-refractivity contribution >= 4 is 28.9 Å². The van der Waals surface area contributed by atoms with Crippen molar-refractivity contribution < 1.29 is 23.4 Å². The molecule has 0 atom stereocenters. The molecule has 7 heteroatoms. The van der Waals surface area contributed by atoms with E-state index in [1.165, 1.54) is 16.8 Å². The Hall–Kier alpha value is -4.00. The highest BCUT2D eigenvalue weighted by Crippen LogP contribution is 2.38. The lowest BCUT2D eigenvalue weighted by atomic mass is 10.1. The van der Waals surface area contributed by atoms with Crippen LogP contribution in [0.3, 0.4) is 0 Å². The number of halogens is 3. The summed E-state index contributed by atoms with van der Waals surface area (Å²) in [6.45, 7) is 5.69. The Morgan fingerprint density at radius 1 is 0.912 bits per heavy atom. The maximum absolute atomic E-state index is 13.4. The fraction of sp³-hybridized carbons (Fsp3) is 0.148. The Bertz CT molecular complexity index is 1450. The van der Waals surface area contributed by atoms with Gasteiger partial charge in [-0.05, 0) is 73.9 Å². The van der Waals surface area contributed by atoms with Crippen LogP contribution in [0.5, 0.6) is 11.6 Å². The lowest BCUT2D eigenvalue weighted by Crippen LogP contribution is -2.05. The molecule has 0 unspecified atom stereocenters. The minimum Gasteiger partial charge on any atom is -0.506 e. The second kappa shape index (κ2) is 8.74. The molecule has 174 valence electrons. The molecule has 34 heavy (non-hydrogen) atoms. The highest BCUT2D eigenvalue weighted by molar-refractivity contribution is 6.04. The van der Waals surface area contributed by atoms with Gasteiger partial charge in [0, 0.05) is 17.3 Å². The molecule has 4 aromatic rings. The first-order chi connectivity index (χ1) is 16.1. The number of phenolic OH excluding ortho intramolecular Hbond substituents is 1. The minimum absolute atomic E-state index is 0.0522. The van der Waals surface area contributed by atoms with Gasteiger partial charge in [-0.1, -0.05) is 30.4 Å². The van der Waals surface area contributed by atoms with E-state index < -0.39 is 11.7 Å². The van der Waals surface area contributed by atoms with E-state index >= 15 is 0 Å². The third-order valence-corrected chi connectivity index (χ3v) is 5.75. The average molecular weight is 464 g/mol. The van der Waals surface area contributed by atoms with Crippen LogP contribution >= 0.6 is 0 Å². The van der Waals surface area contributed by atoms with Crippen molar-refractivity contribution in [2.45, 2.75) is 26.9 Å². The summed E-state index contributed by atoms with van der Waals surface area (Å²) in [5, 5.41) is 21.8. The van der Waals surface area contributed by atoms with Gasteiger partial charge in [-0.2, -0.15) is 13.2 Å². The lowest BCUT2D eigenvalue weighted by Gasteiger charge is -2.11. The van der Waals surface area contributed by atoms with Gasteiger partial charge in [-0.25, -0.2) is 0 Å². The summed E-state index contributed by atoms with van der Waals surface area (Å²) in [7, 11) is 0. The number of aryl methyl sites for hydroxylation is 2. The number of nitrogens with zero attached hydrogens (tertiary/aromatic N) is 2. The van der Waals surface area contributed by atoms with Crippen LogP contribution in [0.2, 0.25) is 0 Å². The molecule has 0 saturated carbocycles. The fourth-order valence-corrected chi connectivity index (χ4v) is 3.81. The van der Waals surface area contributed by atoms with Crippen molar-refractivity contribution in [3.05, 3.63) is 88.5 Å². The first kappa shape index (κ1) is 23.2. The SMILES string of the molecule is C/C=C/c1ccc(N=Cc2c(O)n(-c3ccc(C)c(C)c3)c3cc(C(F)(F)F)ccc23)c(O)c1. The molecule has 0 aliphatic carbocycles. The van der Waals surface area contributed by atoms with E-state index in [2.05, 4.69) is 4.99 Å². The van der Waals surface area contributed by atoms with Crippen LogP contribution in [-0.4, -0.2) is 21.0 Å². The number of allylic oxidation sites excluding steroid dienone is 1. The minimum atomic E-state index is -4.53. The summed E-state index contributed by atoms with van der Waals surface area (Å²) < 4.78 is 41.7. The van der Waals surface area contributed by atoms with Gasteiger partial charge < -0.3 is 10.2 Å². The zero-order valence-corrected chi connectivity index (χ0v) is 18.9. The van der Waals surface area contributed by atoms with Gasteiger partial charge in [0.2, 0.25) is 5.88 Å². The van der Waals surface area contributed by atoms with Crippen molar-refractivity contribution in [2.24, 2.45) is 4.99 Å². The number of alkyl halides is 3. The summed E-state index contributed by atoms with van der Waals surface area (Å²) in [6.07, 6.45) is 0.491. The third kappa shape index (κ3) is 4.29. The van der Waals surface area contributed by atoms with Crippen LogP contribution in [0, 0.1) is 13.8 Å². The van der Waals surface area contributed by atoms with Gasteiger partial charge in [0.15, 0.2) is 0 Å². The van der Waals surface area contributed by atoms with Gasteiger partial charge in [0.1, 0.15) is 11.4 Å². The number of phenols is 1. The van der Waals surface area contributed by atoms with Crippen LogP contribution in [0.1, 0.15) is 34.7 Å². The van der Waals surface area contributed by atoms with Crippen molar-refractivity contribution in [1.82, 2.24) is 4.57 Å². The predicted octanol–water partition coefficient (Wildman–Crippen LogP) is 7.46. The predicted molar refractivity (Wildman–Crippen MR) is 129 cm³/mol. The van der Waals surface area contributed by atoms with Crippen LogP contribution in [0.15, 0.2) is 65.7 Å². The highest BCUT2D eigenvalue weighted by Gasteiger charge is 2.31. The van der Waals surface area contributed by atoms with E-state index in [0.717, 1.165) is 28.8 Å². The first-order valence-electron chi connectivity index (χ1n) is 10.6. The van der Waals surface area contributed by atoms with Crippen molar-refractivity contribution in [2.75, 3.05) is 0 Å². The molecule has 0 aliphatic heterocycles. The zero-order chi connectivity index (χ0) is 24.6. The van der Waals surface area contributed by atoms with Crippen LogP contribution in [0.4, 0.5) is 18.9 Å². The van der Waals surface area contributed by atoms with Crippen molar-refractivity contribution in [3.8, 4) is 17.3 Å². The Morgan fingerprint density at radius 2 is 1.68 bits per heavy atom. The molecule has 1 aromatic heterocycles. The maximum atomic E-state index is 13.4. The number of fused-ring (bicyclic) bond motifs is 1. The molecule has 4 nitrogen and oxygen atoms in total. The molecule has 0 aliphatic rings. The highest BCUT2D eigenvalue weighted by atomic mass is 19.4. The molecular formula is C27H23F3N2O2. The van der Waals surface area contributed by atoms with Crippen LogP contribution in [0.25, 0.3) is 22.7 Å². The molecule has 0 saturated heterocycles. The van der Waals surface area contributed by atoms with Crippen LogP contribution in [-0.2, 0) is 6.18 Å². The average Bonchev–Trinajstić information content (AvgIpc) is 3.05. The molecule has 0 radical (unpaired) electrons. The fourth-order valence-electron chi connectivity index (χ4n) is 3.81. The largest absolute Gasteiger partial charge is 0.506 e. The standard InChI is InChI=1S/C27H23F3N2O2/c1-4-5-18-7-11-23(25(33)13-18)31-15-22-21-10-8-19(27(28,29)30)14-24(21)32(26(22)34)20-9-6-16(2)17(3)12-20/h4-15,33-34H,1-3H3/b5-4+,31-15?. The summed E-state index contributed by atoms with van der Waals surface area (Å²) in [4.78, 5) is 4.30. The Morgan fingerprint density at radius 3 is 2.32 bits per heavy atom. The van der Waals surface area contributed by atoms with E-state index in [-0.39, 0.29) is 28.4 Å². The maximum Gasteiger partial charge on any atom is 0.416 e. The van der Waals surface area contributed by atoms with Crippen LogP contribution < -0.4 is 0 Å². The number of aromatic nitrogens is 1. The smallest absolute Gasteiger partial charge is 0.416 e. The summed E-state index contributed by atoms with van der Waals surface area (Å²) >= 11 is 0. The third-order valence-electron chi connectivity index (χ3n) is 5.75. The molecule has 0 amide bonds. The van der Waals surface area contributed by atoms with Gasteiger partial charge >= 0.3 is 6.18 Å². The van der Waals surface area contributed by atoms with Gasteiger partial charge in [-0.3, -0.25) is 9.56 Å². The Labute approximate surface area is 194 Å². The quantitative estimate of drug-likeness (QED) is 0.308. The second-order valence-electron chi connectivity index (χ2n) is 8.08. The first-order valence-corrected chi connectivity index (χ1v) is 10.6. The molecule has 1 heterocycles. The second-order valence-corrected chi connectivity index (χ2v) is 8.08. The Kier molecular flexibility index (Phi) is 5.96. The molecule has 0 fully saturated rings.